The molecule has 1 saturated heterocycles. The smallest absolute Gasteiger partial charge is 0.407 e. The molecule has 0 bridgehead atoms. The van der Waals surface area contributed by atoms with Gasteiger partial charge >= 0.3 is 11.8 Å². The molecule has 0 radical (unpaired) electrons. The minimum absolute atomic E-state index is 0.00637. The molecule has 0 spiro atoms. The van der Waals surface area contributed by atoms with Crippen LogP contribution in [0.4, 0.5) is 14.9 Å². The Labute approximate surface area is 118 Å². The molecule has 112 valence electrons. The lowest BCUT2D eigenvalue weighted by molar-refractivity contribution is -0.387. The highest BCUT2D eigenvalue weighted by atomic mass is 19.1. The number of halogens is 1. The summed E-state index contributed by atoms with van der Waals surface area (Å²) in [6, 6.07) is 2.94. The molecule has 0 aromatic heterocycles. The van der Waals surface area contributed by atoms with E-state index < -0.39 is 28.4 Å². The Bertz CT molecular complexity index is 599. The number of piperazine rings is 1. The highest BCUT2D eigenvalue weighted by molar-refractivity contribution is 5.95. The number of hydrogen-bond acceptors (Lipinski definition) is 4. The van der Waals surface area contributed by atoms with Gasteiger partial charge in [-0.3, -0.25) is 14.9 Å². The van der Waals surface area contributed by atoms with Crippen molar-refractivity contribution in [2.45, 2.75) is 0 Å². The van der Waals surface area contributed by atoms with E-state index in [-0.39, 0.29) is 31.7 Å². The summed E-state index contributed by atoms with van der Waals surface area (Å²) < 4.78 is 13.2. The van der Waals surface area contributed by atoms with Crippen LogP contribution in [0.25, 0.3) is 0 Å². The third-order valence-corrected chi connectivity index (χ3v) is 3.23. The van der Waals surface area contributed by atoms with Gasteiger partial charge in [0.2, 0.25) is 5.82 Å². The van der Waals surface area contributed by atoms with Crippen LogP contribution in [-0.2, 0) is 0 Å². The number of amides is 2. The van der Waals surface area contributed by atoms with E-state index in [1.54, 1.807) is 0 Å². The molecule has 1 aliphatic rings. The first-order valence-corrected chi connectivity index (χ1v) is 6.11. The molecule has 1 aromatic rings. The quantitative estimate of drug-likeness (QED) is 0.651. The predicted octanol–water partition coefficient (Wildman–Crippen LogP) is 1.17. The molecule has 1 aliphatic heterocycles. The number of nitrogens with zero attached hydrogens (tertiary/aromatic N) is 3. The van der Waals surface area contributed by atoms with E-state index in [1.165, 1.54) is 15.9 Å². The van der Waals surface area contributed by atoms with Crippen LogP contribution < -0.4 is 0 Å². The van der Waals surface area contributed by atoms with Gasteiger partial charge in [0.05, 0.1) is 4.92 Å². The van der Waals surface area contributed by atoms with Crippen LogP contribution >= 0.6 is 0 Å². The number of nitro groups is 1. The summed E-state index contributed by atoms with van der Waals surface area (Å²) in [7, 11) is 0. The van der Waals surface area contributed by atoms with Crippen LogP contribution in [0.15, 0.2) is 18.2 Å². The zero-order valence-electron chi connectivity index (χ0n) is 10.9. The van der Waals surface area contributed by atoms with E-state index >= 15 is 0 Å². The molecule has 2 rings (SSSR count). The van der Waals surface area contributed by atoms with E-state index in [0.717, 1.165) is 12.1 Å². The Kier molecular flexibility index (Phi) is 4.01. The number of hydrogen-bond donors (Lipinski definition) is 1. The van der Waals surface area contributed by atoms with Gasteiger partial charge in [0.25, 0.3) is 5.91 Å². The molecule has 0 unspecified atom stereocenters. The molecule has 8 nitrogen and oxygen atoms in total. The van der Waals surface area contributed by atoms with Crippen LogP contribution in [-0.4, -0.2) is 58.0 Å². The minimum atomic E-state index is -1.06. The average molecular weight is 297 g/mol. The van der Waals surface area contributed by atoms with E-state index in [2.05, 4.69) is 0 Å². The summed E-state index contributed by atoms with van der Waals surface area (Å²) in [5, 5.41) is 19.5. The Morgan fingerprint density at radius 2 is 1.76 bits per heavy atom. The molecular formula is C12H12FN3O5. The highest BCUT2D eigenvalue weighted by Crippen LogP contribution is 2.20. The first-order valence-electron chi connectivity index (χ1n) is 6.11. The molecule has 1 fully saturated rings. The number of carboxylic acid groups (broad SMARTS) is 1. The van der Waals surface area contributed by atoms with Crippen LogP contribution in [0.2, 0.25) is 0 Å². The zero-order chi connectivity index (χ0) is 15.6. The maximum Gasteiger partial charge on any atom is 0.407 e. The number of carbonyl (C=O) groups is 2. The van der Waals surface area contributed by atoms with Crippen molar-refractivity contribution in [2.24, 2.45) is 0 Å². The minimum Gasteiger partial charge on any atom is -0.465 e. The molecule has 1 heterocycles. The summed E-state index contributed by atoms with van der Waals surface area (Å²) in [5.41, 5.74) is -0.753. The van der Waals surface area contributed by atoms with Crippen molar-refractivity contribution in [3.63, 3.8) is 0 Å². The Balaban J connectivity index is 2.13. The van der Waals surface area contributed by atoms with Gasteiger partial charge < -0.3 is 14.9 Å². The SMILES string of the molecule is O=C(O)N1CCN(C(=O)c2ccc(F)c([N+](=O)[O-])c2)CC1. The lowest BCUT2D eigenvalue weighted by atomic mass is 10.1. The third-order valence-electron chi connectivity index (χ3n) is 3.23. The van der Waals surface area contributed by atoms with Gasteiger partial charge in [0, 0.05) is 37.8 Å². The maximum atomic E-state index is 13.2. The standard InChI is InChI=1S/C12H12FN3O5/c13-9-2-1-8(7-10(9)16(20)21)11(17)14-3-5-15(6-4-14)12(18)19/h1-2,7H,3-6H2,(H,18,19). The van der Waals surface area contributed by atoms with Gasteiger partial charge in [0.15, 0.2) is 0 Å². The van der Waals surface area contributed by atoms with Crippen LogP contribution in [0.5, 0.6) is 0 Å². The zero-order valence-corrected chi connectivity index (χ0v) is 10.9. The summed E-state index contributed by atoms with van der Waals surface area (Å²) in [6.45, 7) is 0.724. The maximum absolute atomic E-state index is 13.2. The second kappa shape index (κ2) is 5.73. The largest absolute Gasteiger partial charge is 0.465 e. The lowest BCUT2D eigenvalue weighted by Gasteiger charge is -2.33. The van der Waals surface area contributed by atoms with Gasteiger partial charge in [-0.05, 0) is 12.1 Å². The van der Waals surface area contributed by atoms with E-state index in [1.807, 2.05) is 0 Å². The van der Waals surface area contributed by atoms with Gasteiger partial charge in [0.1, 0.15) is 0 Å². The Hall–Kier alpha value is -2.71. The predicted molar refractivity (Wildman–Crippen MR) is 68.6 cm³/mol. The molecule has 0 saturated carbocycles. The molecule has 0 atom stereocenters. The number of nitro benzene ring substituents is 1. The third kappa shape index (κ3) is 3.07. The van der Waals surface area contributed by atoms with Gasteiger partial charge in [-0.1, -0.05) is 0 Å². The van der Waals surface area contributed by atoms with Gasteiger partial charge in [-0.15, -0.1) is 0 Å². The van der Waals surface area contributed by atoms with Crippen LogP contribution in [0, 0.1) is 15.9 Å². The summed E-state index contributed by atoms with van der Waals surface area (Å²) in [4.78, 5) is 35.3. The average Bonchev–Trinajstić information content (AvgIpc) is 2.46. The fourth-order valence-electron chi connectivity index (χ4n) is 2.07. The Morgan fingerprint density at radius 3 is 2.29 bits per heavy atom. The Morgan fingerprint density at radius 1 is 1.19 bits per heavy atom. The van der Waals surface area contributed by atoms with Gasteiger partial charge in [-0.2, -0.15) is 4.39 Å². The first-order chi connectivity index (χ1) is 9.90. The topological polar surface area (TPSA) is 104 Å². The number of carbonyl (C=O) groups excluding carboxylic acids is 1. The normalized spacial score (nSPS) is 14.9. The monoisotopic (exact) mass is 297 g/mol. The number of benzene rings is 1. The second-order valence-electron chi connectivity index (χ2n) is 4.49. The fourth-order valence-corrected chi connectivity index (χ4v) is 2.07. The highest BCUT2D eigenvalue weighted by Gasteiger charge is 2.26. The van der Waals surface area contributed by atoms with Crippen LogP contribution in [0.3, 0.4) is 0 Å². The van der Waals surface area contributed by atoms with Gasteiger partial charge in [-0.25, -0.2) is 4.79 Å². The van der Waals surface area contributed by atoms with Crippen molar-refractivity contribution < 1.29 is 24.0 Å². The molecule has 0 aliphatic carbocycles. The summed E-state index contributed by atoms with van der Waals surface area (Å²) in [5.74, 6) is -1.49. The molecular weight excluding hydrogens is 285 g/mol. The van der Waals surface area contributed by atoms with E-state index in [9.17, 15) is 24.1 Å². The second-order valence-corrected chi connectivity index (χ2v) is 4.49. The van der Waals surface area contributed by atoms with E-state index in [4.69, 9.17) is 5.11 Å². The fraction of sp³-hybridized carbons (Fsp3) is 0.333. The lowest BCUT2D eigenvalue weighted by Crippen LogP contribution is -2.50. The summed E-state index contributed by atoms with van der Waals surface area (Å²) >= 11 is 0. The van der Waals surface area contributed by atoms with E-state index in [0.29, 0.717) is 0 Å². The molecule has 9 heteroatoms. The first kappa shape index (κ1) is 14.7. The molecule has 21 heavy (non-hydrogen) atoms. The van der Waals surface area contributed by atoms with Crippen molar-refractivity contribution in [3.05, 3.63) is 39.7 Å². The molecule has 1 N–H and O–H groups in total. The van der Waals surface area contributed by atoms with Crippen molar-refractivity contribution in [3.8, 4) is 0 Å². The summed E-state index contributed by atoms with van der Waals surface area (Å²) in [6.07, 6.45) is -1.06. The molecule has 1 aromatic carbocycles. The van der Waals surface area contributed by atoms with Crippen molar-refractivity contribution in [2.75, 3.05) is 26.2 Å². The van der Waals surface area contributed by atoms with Crippen molar-refractivity contribution in [1.82, 2.24) is 9.80 Å². The van der Waals surface area contributed by atoms with Crippen molar-refractivity contribution >= 4 is 17.7 Å². The molecule has 2 amide bonds. The number of rotatable bonds is 2. The van der Waals surface area contributed by atoms with Crippen LogP contribution in [0.1, 0.15) is 10.4 Å². The van der Waals surface area contributed by atoms with Crippen molar-refractivity contribution in [1.29, 1.82) is 0 Å².